The van der Waals surface area contributed by atoms with Crippen molar-refractivity contribution in [2.24, 2.45) is 5.73 Å². The van der Waals surface area contributed by atoms with Gasteiger partial charge in [-0.1, -0.05) is 18.2 Å². The number of alkyl halides is 3. The zero-order chi connectivity index (χ0) is 34.9. The minimum absolute atomic E-state index is 0.0453. The molecule has 6 N–H and O–H groups in total. The topological polar surface area (TPSA) is 198 Å². The van der Waals surface area contributed by atoms with E-state index in [1.807, 2.05) is 0 Å². The summed E-state index contributed by atoms with van der Waals surface area (Å²) in [6.45, 7) is -0.149. The maximum Gasteiger partial charge on any atom is 0.490 e. The van der Waals surface area contributed by atoms with E-state index in [1.54, 1.807) is 80.8 Å². The first-order valence-electron chi connectivity index (χ1n) is 13.5. The molecule has 0 fully saturated rings. The number of nitrogens with one attached hydrogen (secondary N) is 3. The highest BCUT2D eigenvalue weighted by Gasteiger charge is 2.38. The molecule has 0 aliphatic rings. The predicted octanol–water partition coefficient (Wildman–Crippen LogP) is 3.16. The number of carbonyl (C=O) groups excluding carboxylic acids is 1. The number of H-pyrrole nitrogens is 1. The highest BCUT2D eigenvalue weighted by atomic mass is 19.4. The summed E-state index contributed by atoms with van der Waals surface area (Å²) in [5, 5.41) is 22.8. The minimum atomic E-state index is -5.08. The van der Waals surface area contributed by atoms with Gasteiger partial charge in [0.1, 0.15) is 23.3 Å². The van der Waals surface area contributed by atoms with Crippen molar-refractivity contribution in [2.45, 2.75) is 12.2 Å². The van der Waals surface area contributed by atoms with Crippen molar-refractivity contribution in [1.29, 1.82) is 5.41 Å². The average Bonchev–Trinajstić information content (AvgIpc) is 3.42. The van der Waals surface area contributed by atoms with Gasteiger partial charge in [0.15, 0.2) is 23.9 Å². The van der Waals surface area contributed by atoms with Gasteiger partial charge in [-0.15, -0.1) is 5.10 Å². The van der Waals surface area contributed by atoms with Crippen LogP contribution in [-0.2, 0) is 9.59 Å². The number of aromatic nitrogens is 3. The van der Waals surface area contributed by atoms with E-state index in [0.29, 0.717) is 45.6 Å². The molecule has 0 saturated carbocycles. The molecule has 1 heterocycles. The zero-order valence-corrected chi connectivity index (χ0v) is 25.6. The number of aromatic amines is 1. The van der Waals surface area contributed by atoms with Crippen LogP contribution in [0.2, 0.25) is 0 Å². The number of rotatable bonds is 11. The number of hydrogen-bond acceptors (Lipinski definition) is 9. The number of methoxy groups -OCH3 is 2. The van der Waals surface area contributed by atoms with Gasteiger partial charge >= 0.3 is 17.8 Å². The zero-order valence-electron chi connectivity index (χ0n) is 25.6. The molecule has 3 aromatic carbocycles. The van der Waals surface area contributed by atoms with Gasteiger partial charge in [0.25, 0.3) is 5.91 Å². The molecule has 47 heavy (non-hydrogen) atoms. The molecule has 17 heteroatoms. The number of nitrogens with zero attached hydrogens (tertiary/aromatic N) is 3. The van der Waals surface area contributed by atoms with Gasteiger partial charge in [-0.3, -0.25) is 15.2 Å². The second-order valence-electron chi connectivity index (χ2n) is 9.76. The monoisotopic (exact) mass is 659 g/mol. The number of carboxylic acids is 1. The summed E-state index contributed by atoms with van der Waals surface area (Å²) in [4.78, 5) is 38.2. The number of ether oxygens (including phenoxy) is 3. The van der Waals surface area contributed by atoms with Gasteiger partial charge in [0.2, 0.25) is 0 Å². The molecule has 1 unspecified atom stereocenters. The Labute approximate surface area is 266 Å². The van der Waals surface area contributed by atoms with Crippen LogP contribution in [0.1, 0.15) is 23.0 Å². The number of benzene rings is 3. The molecule has 4 rings (SSSR count). The van der Waals surface area contributed by atoms with Crippen LogP contribution in [-0.4, -0.2) is 83.6 Å². The van der Waals surface area contributed by atoms with Crippen LogP contribution < -0.4 is 31.0 Å². The number of carboxylic acid groups (broad SMARTS) is 1. The van der Waals surface area contributed by atoms with Crippen molar-refractivity contribution >= 4 is 23.4 Å². The van der Waals surface area contributed by atoms with Gasteiger partial charge in [-0.2, -0.15) is 17.9 Å². The van der Waals surface area contributed by atoms with E-state index >= 15 is 0 Å². The van der Waals surface area contributed by atoms with Crippen LogP contribution in [0.5, 0.6) is 17.2 Å². The number of amidine groups is 1. The molecule has 0 bridgehead atoms. The molecule has 0 saturated heterocycles. The van der Waals surface area contributed by atoms with Crippen molar-refractivity contribution in [2.75, 3.05) is 40.2 Å². The number of nitrogens with two attached hydrogens (primary N) is 1. The Balaban J connectivity index is 0.000000771. The van der Waals surface area contributed by atoms with Crippen LogP contribution in [0, 0.1) is 5.41 Å². The Hall–Kier alpha value is -6.00. The third kappa shape index (κ3) is 9.25. The fraction of sp³-hybridized carbons (Fsp3) is 0.233. The summed E-state index contributed by atoms with van der Waals surface area (Å²) < 4.78 is 49.6. The molecule has 1 aromatic heterocycles. The number of para-hydroxylation sites is 2. The van der Waals surface area contributed by atoms with Crippen LogP contribution >= 0.6 is 0 Å². The Kier molecular flexibility index (Phi) is 11.6. The average molecular weight is 660 g/mol. The fourth-order valence-corrected chi connectivity index (χ4v) is 3.91. The summed E-state index contributed by atoms with van der Waals surface area (Å²) in [6, 6.07) is 18.7. The molecule has 0 spiro atoms. The van der Waals surface area contributed by atoms with Crippen molar-refractivity contribution in [3.05, 3.63) is 94.2 Å². The number of hydrogen-bond donors (Lipinski definition) is 5. The maximum atomic E-state index is 13.0. The Bertz CT molecular complexity index is 1770. The largest absolute Gasteiger partial charge is 0.494 e. The first-order chi connectivity index (χ1) is 22.2. The fourth-order valence-electron chi connectivity index (χ4n) is 3.91. The summed E-state index contributed by atoms with van der Waals surface area (Å²) in [5.74, 6) is -1.40. The van der Waals surface area contributed by atoms with Gasteiger partial charge < -0.3 is 35.3 Å². The van der Waals surface area contributed by atoms with Crippen LogP contribution in [0.4, 0.5) is 18.9 Å². The normalized spacial score (nSPS) is 11.4. The lowest BCUT2D eigenvalue weighted by atomic mass is 10.0. The van der Waals surface area contributed by atoms with Crippen molar-refractivity contribution < 1.29 is 42.1 Å². The van der Waals surface area contributed by atoms with E-state index in [1.165, 1.54) is 23.8 Å². The number of anilines is 1. The van der Waals surface area contributed by atoms with E-state index in [4.69, 9.17) is 35.3 Å². The highest BCUT2D eigenvalue weighted by molar-refractivity contribution is 5.95. The molecule has 0 aliphatic heterocycles. The third-order valence-corrected chi connectivity index (χ3v) is 6.34. The Morgan fingerprint density at radius 2 is 1.66 bits per heavy atom. The first kappa shape index (κ1) is 35.5. The van der Waals surface area contributed by atoms with E-state index in [-0.39, 0.29) is 18.3 Å². The molecule has 0 radical (unpaired) electrons. The van der Waals surface area contributed by atoms with E-state index < -0.39 is 23.9 Å². The summed E-state index contributed by atoms with van der Waals surface area (Å²) in [6.07, 6.45) is -5.08. The quantitative estimate of drug-likeness (QED) is 0.118. The van der Waals surface area contributed by atoms with Crippen LogP contribution in [0.25, 0.3) is 5.69 Å². The molecule has 250 valence electrons. The molecular weight excluding hydrogens is 627 g/mol. The lowest BCUT2D eigenvalue weighted by molar-refractivity contribution is -0.192. The lowest BCUT2D eigenvalue weighted by Crippen LogP contribution is -2.27. The van der Waals surface area contributed by atoms with Crippen molar-refractivity contribution in [3.63, 3.8) is 0 Å². The molecule has 0 aliphatic carbocycles. The SMILES string of the molecule is COc1cc(C(Nc2ccc(C(=N)N)cc2)c2nn(-c3ccccc3OC)c(=O)[nH]2)ccc1OCC(=O)N(C)C.O=C(O)C(F)(F)F. The van der Waals surface area contributed by atoms with Crippen molar-refractivity contribution in [1.82, 2.24) is 19.7 Å². The minimum Gasteiger partial charge on any atom is -0.494 e. The molecule has 14 nitrogen and oxygen atoms in total. The van der Waals surface area contributed by atoms with Gasteiger partial charge in [0, 0.05) is 25.3 Å². The predicted molar refractivity (Wildman–Crippen MR) is 165 cm³/mol. The standard InChI is InChI=1S/C28H31N7O5.C2HF3O2/c1-34(2)24(36)16-40-22-14-11-18(15-23(22)39-4)25(31-19-12-9-17(10-13-19)26(29)30)27-32-28(37)35(33-27)20-7-5-6-8-21(20)38-3;3-2(4,5)1(6)7/h5-15,25,31H,16H2,1-4H3,(H3,29,30)(H,32,33,37);(H,6,7). The van der Waals surface area contributed by atoms with Gasteiger partial charge in [-0.25, -0.2) is 9.59 Å². The summed E-state index contributed by atoms with van der Waals surface area (Å²) >= 11 is 0. The number of likely N-dealkylation sites (N-methyl/N-ethyl adjacent to an activating group) is 1. The first-order valence-corrected chi connectivity index (χ1v) is 13.5. The summed E-state index contributed by atoms with van der Waals surface area (Å²) in [7, 11) is 6.32. The second kappa shape index (κ2) is 15.3. The van der Waals surface area contributed by atoms with E-state index in [9.17, 15) is 22.8 Å². The smallest absolute Gasteiger partial charge is 0.490 e. The number of nitrogen functional groups attached to an aromatic ring is 1. The second-order valence-corrected chi connectivity index (χ2v) is 9.76. The molecule has 4 aromatic rings. The highest BCUT2D eigenvalue weighted by Crippen LogP contribution is 2.33. The summed E-state index contributed by atoms with van der Waals surface area (Å²) in [5.41, 5.74) is 7.59. The van der Waals surface area contributed by atoms with Gasteiger partial charge in [-0.05, 0) is 54.1 Å². The van der Waals surface area contributed by atoms with Crippen LogP contribution in [0.3, 0.4) is 0 Å². The Morgan fingerprint density at radius 1 is 1.04 bits per heavy atom. The lowest BCUT2D eigenvalue weighted by Gasteiger charge is -2.20. The number of carbonyl (C=O) groups is 2. The molecule has 1 amide bonds. The van der Waals surface area contributed by atoms with E-state index in [0.717, 1.165) is 0 Å². The molecule has 1 atom stereocenters. The number of halogens is 3. The maximum absolute atomic E-state index is 13.0. The van der Waals surface area contributed by atoms with Crippen molar-refractivity contribution in [3.8, 4) is 22.9 Å². The number of aliphatic carboxylic acids is 1. The van der Waals surface area contributed by atoms with Gasteiger partial charge in [0.05, 0.1) is 14.2 Å². The Morgan fingerprint density at radius 3 is 2.21 bits per heavy atom. The molecular formula is C30H32F3N7O7. The van der Waals surface area contributed by atoms with E-state index in [2.05, 4.69) is 15.4 Å². The number of amides is 1. The third-order valence-electron chi connectivity index (χ3n) is 6.34. The van der Waals surface area contributed by atoms with Crippen LogP contribution in [0.15, 0.2) is 71.5 Å².